The second kappa shape index (κ2) is 6.93. The number of aromatic amines is 1. The summed E-state index contributed by atoms with van der Waals surface area (Å²) < 4.78 is 5.53. The minimum atomic E-state index is -0.0187. The number of rotatable bonds is 4. The quantitative estimate of drug-likeness (QED) is 0.928. The van der Waals surface area contributed by atoms with Crippen molar-refractivity contribution in [3.05, 3.63) is 42.1 Å². The molecular weight excluding hydrogens is 292 g/mol. The molecule has 1 N–H and O–H groups in total. The summed E-state index contributed by atoms with van der Waals surface area (Å²) in [6.07, 6.45) is 0. The van der Waals surface area contributed by atoms with Gasteiger partial charge in [0.1, 0.15) is 5.69 Å². The number of H-pyrrole nitrogens is 1. The number of benzene rings is 1. The van der Waals surface area contributed by atoms with Crippen LogP contribution in [0.5, 0.6) is 0 Å². The molecule has 0 radical (unpaired) electrons. The van der Waals surface area contributed by atoms with Crippen LogP contribution in [0.2, 0.25) is 0 Å². The van der Waals surface area contributed by atoms with Crippen LogP contribution in [0.25, 0.3) is 11.3 Å². The van der Waals surface area contributed by atoms with E-state index in [4.69, 9.17) is 4.74 Å². The molecule has 0 bridgehead atoms. The van der Waals surface area contributed by atoms with E-state index >= 15 is 0 Å². The summed E-state index contributed by atoms with van der Waals surface area (Å²) in [6, 6.07) is 11.7. The van der Waals surface area contributed by atoms with Gasteiger partial charge in [0.05, 0.1) is 24.9 Å². The van der Waals surface area contributed by atoms with E-state index in [9.17, 15) is 4.79 Å². The molecule has 2 heterocycles. The van der Waals surface area contributed by atoms with Crippen LogP contribution in [0.1, 0.15) is 10.5 Å². The van der Waals surface area contributed by atoms with Gasteiger partial charge >= 0.3 is 0 Å². The van der Waals surface area contributed by atoms with Crippen molar-refractivity contribution in [2.24, 2.45) is 0 Å². The standard InChI is InChI=1S/C17H22N4O2/c1-20(2)11-14-12-23-9-8-21(14)17(22)16-10-15(18-19-16)13-6-4-3-5-7-13/h3-7,10,14H,8-9,11-12H2,1-2H3,(H,18,19)/t14-/m1/s1. The number of aromatic nitrogens is 2. The summed E-state index contributed by atoms with van der Waals surface area (Å²) in [5, 5.41) is 7.15. The van der Waals surface area contributed by atoms with Crippen molar-refractivity contribution in [3.8, 4) is 11.3 Å². The Morgan fingerprint density at radius 1 is 1.39 bits per heavy atom. The van der Waals surface area contributed by atoms with Crippen LogP contribution in [0.3, 0.4) is 0 Å². The largest absolute Gasteiger partial charge is 0.377 e. The summed E-state index contributed by atoms with van der Waals surface area (Å²) >= 11 is 0. The first-order valence-electron chi connectivity index (χ1n) is 7.79. The lowest BCUT2D eigenvalue weighted by atomic mass is 10.1. The average molecular weight is 314 g/mol. The molecule has 6 heteroatoms. The van der Waals surface area contributed by atoms with Gasteiger partial charge in [0, 0.05) is 18.7 Å². The Hall–Kier alpha value is -2.18. The van der Waals surface area contributed by atoms with E-state index in [1.165, 1.54) is 0 Å². The number of ether oxygens (including phenoxy) is 1. The third kappa shape index (κ3) is 3.60. The van der Waals surface area contributed by atoms with Crippen molar-refractivity contribution >= 4 is 5.91 Å². The van der Waals surface area contributed by atoms with Crippen LogP contribution in [-0.2, 0) is 4.74 Å². The number of carbonyl (C=O) groups is 1. The molecule has 6 nitrogen and oxygen atoms in total. The number of likely N-dealkylation sites (N-methyl/N-ethyl adjacent to an activating group) is 1. The molecule has 3 rings (SSSR count). The van der Waals surface area contributed by atoms with Crippen LogP contribution in [0.4, 0.5) is 0 Å². The molecule has 0 aliphatic carbocycles. The fourth-order valence-electron chi connectivity index (χ4n) is 2.84. The van der Waals surface area contributed by atoms with Crippen LogP contribution in [0, 0.1) is 0 Å². The lowest BCUT2D eigenvalue weighted by molar-refractivity contribution is -0.00859. The number of carbonyl (C=O) groups excluding carboxylic acids is 1. The third-order valence-electron chi connectivity index (χ3n) is 3.94. The van der Waals surface area contributed by atoms with Crippen LogP contribution in [0.15, 0.2) is 36.4 Å². The SMILES string of the molecule is CN(C)C[C@@H]1COCCN1C(=O)c1cc(-c2ccccc2)n[nH]1. The predicted octanol–water partition coefficient (Wildman–Crippen LogP) is 1.48. The van der Waals surface area contributed by atoms with Gasteiger partial charge in [-0.2, -0.15) is 5.10 Å². The molecule has 2 aromatic rings. The first-order valence-corrected chi connectivity index (χ1v) is 7.79. The molecule has 122 valence electrons. The van der Waals surface area contributed by atoms with E-state index in [2.05, 4.69) is 15.1 Å². The van der Waals surface area contributed by atoms with Gasteiger partial charge in [0.2, 0.25) is 0 Å². The van der Waals surface area contributed by atoms with E-state index in [-0.39, 0.29) is 11.9 Å². The van der Waals surface area contributed by atoms with Crippen LogP contribution >= 0.6 is 0 Å². The number of nitrogens with one attached hydrogen (secondary N) is 1. The van der Waals surface area contributed by atoms with E-state index < -0.39 is 0 Å². The maximum Gasteiger partial charge on any atom is 0.272 e. The fourth-order valence-corrected chi connectivity index (χ4v) is 2.84. The van der Waals surface area contributed by atoms with Gasteiger partial charge in [-0.15, -0.1) is 0 Å². The Labute approximate surface area is 136 Å². The lowest BCUT2D eigenvalue weighted by Crippen LogP contribution is -2.52. The Morgan fingerprint density at radius 2 is 2.17 bits per heavy atom. The number of amides is 1. The van der Waals surface area contributed by atoms with E-state index in [0.717, 1.165) is 17.8 Å². The molecule has 1 aromatic heterocycles. The van der Waals surface area contributed by atoms with Crippen molar-refractivity contribution in [3.63, 3.8) is 0 Å². The van der Waals surface area contributed by atoms with E-state index in [1.54, 1.807) is 0 Å². The third-order valence-corrected chi connectivity index (χ3v) is 3.94. The van der Waals surface area contributed by atoms with Crippen LogP contribution < -0.4 is 0 Å². The van der Waals surface area contributed by atoms with Crippen molar-refractivity contribution in [2.45, 2.75) is 6.04 Å². The normalized spacial score (nSPS) is 18.4. The van der Waals surface area contributed by atoms with Gasteiger partial charge in [-0.1, -0.05) is 30.3 Å². The second-order valence-corrected chi connectivity index (χ2v) is 6.02. The van der Waals surface area contributed by atoms with Gasteiger partial charge in [0.15, 0.2) is 0 Å². The minimum absolute atomic E-state index is 0.0187. The van der Waals surface area contributed by atoms with Gasteiger partial charge < -0.3 is 14.5 Å². The minimum Gasteiger partial charge on any atom is -0.377 e. The summed E-state index contributed by atoms with van der Waals surface area (Å²) in [5.74, 6) is -0.0187. The summed E-state index contributed by atoms with van der Waals surface area (Å²) in [4.78, 5) is 16.8. The molecule has 23 heavy (non-hydrogen) atoms. The lowest BCUT2D eigenvalue weighted by Gasteiger charge is -2.36. The summed E-state index contributed by atoms with van der Waals surface area (Å²) in [6.45, 7) is 2.54. The van der Waals surface area contributed by atoms with Crippen molar-refractivity contribution in [1.29, 1.82) is 0 Å². The highest BCUT2D eigenvalue weighted by atomic mass is 16.5. The Kier molecular flexibility index (Phi) is 4.73. The highest BCUT2D eigenvalue weighted by Gasteiger charge is 2.29. The van der Waals surface area contributed by atoms with E-state index in [0.29, 0.717) is 25.5 Å². The maximum absolute atomic E-state index is 12.8. The van der Waals surface area contributed by atoms with Crippen molar-refractivity contribution in [2.75, 3.05) is 40.4 Å². The summed E-state index contributed by atoms with van der Waals surface area (Å²) in [7, 11) is 4.00. The molecule has 1 aliphatic heterocycles. The number of hydrogen-bond acceptors (Lipinski definition) is 4. The Balaban J connectivity index is 1.78. The van der Waals surface area contributed by atoms with Crippen molar-refractivity contribution < 1.29 is 9.53 Å². The molecule has 0 spiro atoms. The fraction of sp³-hybridized carbons (Fsp3) is 0.412. The number of nitrogens with zero attached hydrogens (tertiary/aromatic N) is 3. The smallest absolute Gasteiger partial charge is 0.272 e. The maximum atomic E-state index is 12.8. The first-order chi connectivity index (χ1) is 11.1. The van der Waals surface area contributed by atoms with Gasteiger partial charge in [0.25, 0.3) is 5.91 Å². The topological polar surface area (TPSA) is 61.5 Å². The number of morpholine rings is 1. The molecule has 1 aromatic carbocycles. The molecule has 1 aliphatic rings. The molecular formula is C17H22N4O2. The molecule has 0 unspecified atom stereocenters. The average Bonchev–Trinajstić information content (AvgIpc) is 3.05. The second-order valence-electron chi connectivity index (χ2n) is 6.02. The van der Waals surface area contributed by atoms with Gasteiger partial charge in [-0.05, 0) is 20.2 Å². The van der Waals surface area contributed by atoms with Crippen molar-refractivity contribution in [1.82, 2.24) is 20.0 Å². The zero-order valence-electron chi connectivity index (χ0n) is 13.5. The van der Waals surface area contributed by atoms with E-state index in [1.807, 2.05) is 55.4 Å². The summed E-state index contributed by atoms with van der Waals surface area (Å²) in [5.41, 5.74) is 2.30. The molecule has 1 atom stereocenters. The first kappa shape index (κ1) is 15.7. The zero-order chi connectivity index (χ0) is 16.2. The van der Waals surface area contributed by atoms with Crippen LogP contribution in [-0.4, -0.2) is 72.3 Å². The molecule has 0 saturated carbocycles. The predicted molar refractivity (Wildman–Crippen MR) is 88.2 cm³/mol. The van der Waals surface area contributed by atoms with Gasteiger partial charge in [-0.3, -0.25) is 9.89 Å². The molecule has 1 fully saturated rings. The Morgan fingerprint density at radius 3 is 2.91 bits per heavy atom. The highest BCUT2D eigenvalue weighted by Crippen LogP contribution is 2.19. The molecule has 1 amide bonds. The highest BCUT2D eigenvalue weighted by molar-refractivity contribution is 5.93. The molecule has 1 saturated heterocycles. The zero-order valence-corrected chi connectivity index (χ0v) is 13.5. The monoisotopic (exact) mass is 314 g/mol. The van der Waals surface area contributed by atoms with Gasteiger partial charge in [-0.25, -0.2) is 0 Å². The number of hydrogen-bond donors (Lipinski definition) is 1. The Bertz CT molecular complexity index is 654.